The van der Waals surface area contributed by atoms with E-state index in [1.165, 1.54) is 6.07 Å². The first kappa shape index (κ1) is 18.9. The van der Waals surface area contributed by atoms with Crippen LogP contribution in [0.25, 0.3) is 10.9 Å². The molecule has 0 bridgehead atoms. The predicted octanol–water partition coefficient (Wildman–Crippen LogP) is 3.59. The average molecular weight is 372 g/mol. The zero-order valence-corrected chi connectivity index (χ0v) is 16.0. The Hall–Kier alpha value is -2.90. The fourth-order valence-corrected chi connectivity index (χ4v) is 3.29. The molecular formula is C19H24N4O4. The predicted molar refractivity (Wildman–Crippen MR) is 103 cm³/mol. The van der Waals surface area contributed by atoms with Gasteiger partial charge in [0, 0.05) is 55.1 Å². The van der Waals surface area contributed by atoms with Gasteiger partial charge in [0.15, 0.2) is 0 Å². The summed E-state index contributed by atoms with van der Waals surface area (Å²) in [6.07, 6.45) is 1.39. The highest BCUT2D eigenvalue weighted by atomic mass is 16.6. The van der Waals surface area contributed by atoms with Crippen LogP contribution in [-0.2, 0) is 4.74 Å². The number of rotatable bonds is 2. The minimum absolute atomic E-state index is 0.0381. The van der Waals surface area contributed by atoms with Crippen molar-refractivity contribution in [1.82, 2.24) is 9.88 Å². The maximum absolute atomic E-state index is 12.3. The number of nitrogens with zero attached hydrogens (tertiary/aromatic N) is 4. The zero-order valence-electron chi connectivity index (χ0n) is 16.0. The normalized spacial score (nSPS) is 17.9. The Balaban J connectivity index is 1.85. The van der Waals surface area contributed by atoms with Crippen LogP contribution in [0.15, 0.2) is 30.5 Å². The molecule has 0 unspecified atom stereocenters. The number of ether oxygens (including phenoxy) is 1. The molecule has 1 aromatic carbocycles. The molecule has 0 aliphatic carbocycles. The molecule has 0 N–H and O–H groups in total. The molecule has 1 aliphatic heterocycles. The van der Waals surface area contributed by atoms with Crippen LogP contribution < -0.4 is 4.90 Å². The third-order valence-electron chi connectivity index (χ3n) is 4.50. The van der Waals surface area contributed by atoms with Crippen LogP contribution in [0, 0.1) is 10.1 Å². The molecular weight excluding hydrogens is 348 g/mol. The lowest BCUT2D eigenvalue weighted by Crippen LogP contribution is -2.54. The van der Waals surface area contributed by atoms with Gasteiger partial charge >= 0.3 is 6.09 Å². The lowest BCUT2D eigenvalue weighted by Gasteiger charge is -2.41. The van der Waals surface area contributed by atoms with Crippen LogP contribution in [0.4, 0.5) is 16.2 Å². The van der Waals surface area contributed by atoms with Crippen LogP contribution in [0.2, 0.25) is 0 Å². The van der Waals surface area contributed by atoms with Crippen molar-refractivity contribution < 1.29 is 14.5 Å². The van der Waals surface area contributed by atoms with E-state index in [0.717, 1.165) is 11.1 Å². The average Bonchev–Trinajstić information content (AvgIpc) is 2.59. The number of nitro groups is 1. The van der Waals surface area contributed by atoms with E-state index in [1.807, 2.05) is 33.8 Å². The van der Waals surface area contributed by atoms with Crippen molar-refractivity contribution >= 4 is 28.4 Å². The molecule has 144 valence electrons. The van der Waals surface area contributed by atoms with Crippen molar-refractivity contribution in [3.63, 3.8) is 0 Å². The third-order valence-corrected chi connectivity index (χ3v) is 4.50. The Morgan fingerprint density at radius 2 is 2.04 bits per heavy atom. The fraction of sp³-hybridized carbons (Fsp3) is 0.474. The summed E-state index contributed by atoms with van der Waals surface area (Å²) in [7, 11) is 0. The Morgan fingerprint density at radius 1 is 1.30 bits per heavy atom. The summed E-state index contributed by atoms with van der Waals surface area (Å²) < 4.78 is 5.46. The Morgan fingerprint density at radius 3 is 2.67 bits per heavy atom. The van der Waals surface area contributed by atoms with Crippen LogP contribution in [0.5, 0.6) is 0 Å². The number of carbonyl (C=O) groups excluding carboxylic acids is 1. The second-order valence-electron chi connectivity index (χ2n) is 7.76. The molecule has 8 heteroatoms. The van der Waals surface area contributed by atoms with Crippen molar-refractivity contribution in [2.45, 2.75) is 39.3 Å². The lowest BCUT2D eigenvalue weighted by molar-refractivity contribution is -0.384. The molecule has 1 amide bonds. The van der Waals surface area contributed by atoms with Crippen LogP contribution >= 0.6 is 0 Å². The number of anilines is 1. The molecule has 1 fully saturated rings. The van der Waals surface area contributed by atoms with E-state index in [0.29, 0.717) is 25.2 Å². The van der Waals surface area contributed by atoms with Gasteiger partial charge in [0.25, 0.3) is 5.69 Å². The Kier molecular flexibility index (Phi) is 4.91. The molecule has 0 saturated carbocycles. The van der Waals surface area contributed by atoms with Gasteiger partial charge in [-0.15, -0.1) is 0 Å². The van der Waals surface area contributed by atoms with Gasteiger partial charge < -0.3 is 14.5 Å². The fourth-order valence-electron chi connectivity index (χ4n) is 3.29. The van der Waals surface area contributed by atoms with E-state index in [2.05, 4.69) is 9.88 Å². The highest BCUT2D eigenvalue weighted by Crippen LogP contribution is 2.31. The minimum atomic E-state index is -0.530. The summed E-state index contributed by atoms with van der Waals surface area (Å²) in [5, 5.41) is 11.9. The van der Waals surface area contributed by atoms with Crippen molar-refractivity contribution in [3.05, 3.63) is 40.6 Å². The summed E-state index contributed by atoms with van der Waals surface area (Å²) in [5.74, 6) is 0. The highest BCUT2D eigenvalue weighted by Gasteiger charge is 2.30. The van der Waals surface area contributed by atoms with Gasteiger partial charge in [0.2, 0.25) is 0 Å². The van der Waals surface area contributed by atoms with Crippen molar-refractivity contribution in [2.75, 3.05) is 24.5 Å². The van der Waals surface area contributed by atoms with Gasteiger partial charge in [-0.05, 0) is 39.8 Å². The SMILES string of the molecule is C[C@H]1CN(C(=O)OC(C)(C)C)CCN1c1ccnc2ccc([N+](=O)[O-])cc12. The molecule has 8 nitrogen and oxygen atoms in total. The second-order valence-corrected chi connectivity index (χ2v) is 7.76. The standard InChI is InChI=1S/C19H24N4O4/c1-13-12-21(18(24)27-19(2,3)4)9-10-22(13)17-7-8-20-16-6-5-14(23(25)26)11-15(16)17/h5-8,11,13H,9-10,12H2,1-4H3/t13-/m0/s1. The van der Waals surface area contributed by atoms with Gasteiger partial charge in [-0.3, -0.25) is 15.1 Å². The van der Waals surface area contributed by atoms with Gasteiger partial charge in [-0.2, -0.15) is 0 Å². The number of carbonyl (C=O) groups is 1. The van der Waals surface area contributed by atoms with Crippen molar-refractivity contribution in [3.8, 4) is 0 Å². The van der Waals surface area contributed by atoms with E-state index < -0.39 is 10.5 Å². The van der Waals surface area contributed by atoms with Gasteiger partial charge in [0.05, 0.1) is 10.4 Å². The third kappa shape index (κ3) is 4.10. The number of amides is 1. The summed E-state index contributed by atoms with van der Waals surface area (Å²) in [4.78, 5) is 31.3. The minimum Gasteiger partial charge on any atom is -0.444 e. The molecule has 1 atom stereocenters. The largest absolute Gasteiger partial charge is 0.444 e. The first-order chi connectivity index (χ1) is 12.7. The van der Waals surface area contributed by atoms with E-state index in [9.17, 15) is 14.9 Å². The van der Waals surface area contributed by atoms with E-state index >= 15 is 0 Å². The monoisotopic (exact) mass is 372 g/mol. The maximum atomic E-state index is 12.3. The Bertz CT molecular complexity index is 878. The smallest absolute Gasteiger partial charge is 0.410 e. The number of piperazine rings is 1. The van der Waals surface area contributed by atoms with Crippen LogP contribution in [0.1, 0.15) is 27.7 Å². The maximum Gasteiger partial charge on any atom is 0.410 e. The highest BCUT2D eigenvalue weighted by molar-refractivity contribution is 5.93. The first-order valence-electron chi connectivity index (χ1n) is 8.93. The van der Waals surface area contributed by atoms with Gasteiger partial charge in [0.1, 0.15) is 5.60 Å². The van der Waals surface area contributed by atoms with Gasteiger partial charge in [-0.25, -0.2) is 4.79 Å². The topological polar surface area (TPSA) is 88.8 Å². The van der Waals surface area contributed by atoms with E-state index in [1.54, 1.807) is 23.2 Å². The van der Waals surface area contributed by atoms with Gasteiger partial charge in [-0.1, -0.05) is 0 Å². The number of non-ortho nitro benzene ring substituents is 1. The molecule has 1 saturated heterocycles. The molecule has 0 spiro atoms. The summed E-state index contributed by atoms with van der Waals surface area (Å²) in [6, 6.07) is 6.59. The molecule has 27 heavy (non-hydrogen) atoms. The molecule has 2 heterocycles. The quantitative estimate of drug-likeness (QED) is 0.591. The lowest BCUT2D eigenvalue weighted by atomic mass is 10.1. The molecule has 1 aromatic heterocycles. The first-order valence-corrected chi connectivity index (χ1v) is 8.93. The molecule has 3 rings (SSSR count). The molecule has 0 radical (unpaired) electrons. The van der Waals surface area contributed by atoms with Crippen molar-refractivity contribution in [2.24, 2.45) is 0 Å². The number of fused-ring (bicyclic) bond motifs is 1. The van der Waals surface area contributed by atoms with E-state index in [-0.39, 0.29) is 17.8 Å². The second kappa shape index (κ2) is 7.02. The number of nitro benzene ring substituents is 1. The number of pyridine rings is 1. The number of hydrogen-bond donors (Lipinski definition) is 0. The van der Waals surface area contributed by atoms with Crippen LogP contribution in [0.3, 0.4) is 0 Å². The van der Waals surface area contributed by atoms with E-state index in [4.69, 9.17) is 4.74 Å². The summed E-state index contributed by atoms with van der Waals surface area (Å²) >= 11 is 0. The van der Waals surface area contributed by atoms with Crippen LogP contribution in [-0.4, -0.2) is 52.2 Å². The summed E-state index contributed by atoms with van der Waals surface area (Å²) in [5.41, 5.74) is 1.11. The van der Waals surface area contributed by atoms with Crippen molar-refractivity contribution in [1.29, 1.82) is 0 Å². The molecule has 2 aromatic rings. The number of hydrogen-bond acceptors (Lipinski definition) is 6. The zero-order chi connectivity index (χ0) is 19.8. The summed E-state index contributed by atoms with van der Waals surface area (Å²) in [6.45, 7) is 9.23. The molecule has 1 aliphatic rings. The number of aromatic nitrogens is 1. The Labute approximate surface area is 157 Å². The number of benzene rings is 1.